The standard InChI is InChI=1S/C14H21NO5S/c1-19-14(16)6-9-21(17,18)8-3-7-20-13-5-2-4-12(10-13)11-15/h2,4-5,10H,3,6-9,11,15H2,1H3. The predicted octanol–water partition coefficient (Wildman–Crippen LogP) is 0.892. The van der Waals surface area contributed by atoms with Gasteiger partial charge in [-0.2, -0.15) is 0 Å². The molecule has 0 aliphatic rings. The third-order valence-electron chi connectivity index (χ3n) is 2.85. The first kappa shape index (κ1) is 17.5. The van der Waals surface area contributed by atoms with Crippen LogP contribution in [-0.2, 0) is 25.9 Å². The number of ether oxygens (including phenoxy) is 2. The van der Waals surface area contributed by atoms with Crippen LogP contribution in [0, 0.1) is 0 Å². The number of sulfone groups is 1. The average Bonchev–Trinajstić information content (AvgIpc) is 2.49. The van der Waals surface area contributed by atoms with Crippen LogP contribution in [0.15, 0.2) is 24.3 Å². The summed E-state index contributed by atoms with van der Waals surface area (Å²) in [4.78, 5) is 10.9. The number of hydrogen-bond acceptors (Lipinski definition) is 6. The summed E-state index contributed by atoms with van der Waals surface area (Å²) in [5.41, 5.74) is 6.48. The lowest BCUT2D eigenvalue weighted by Gasteiger charge is -2.08. The van der Waals surface area contributed by atoms with Crippen molar-refractivity contribution in [3.05, 3.63) is 29.8 Å². The highest BCUT2D eigenvalue weighted by molar-refractivity contribution is 7.91. The van der Waals surface area contributed by atoms with Gasteiger partial charge in [0.25, 0.3) is 0 Å². The Morgan fingerprint density at radius 1 is 1.29 bits per heavy atom. The Labute approximate surface area is 125 Å². The van der Waals surface area contributed by atoms with Crippen molar-refractivity contribution in [1.29, 1.82) is 0 Å². The zero-order valence-electron chi connectivity index (χ0n) is 12.1. The normalized spacial score (nSPS) is 11.1. The minimum atomic E-state index is -3.25. The molecule has 0 aromatic heterocycles. The molecular formula is C14H21NO5S. The van der Waals surface area contributed by atoms with Gasteiger partial charge in [0, 0.05) is 6.54 Å². The zero-order chi connectivity index (χ0) is 15.7. The zero-order valence-corrected chi connectivity index (χ0v) is 12.9. The van der Waals surface area contributed by atoms with Gasteiger partial charge in [-0.05, 0) is 24.1 Å². The minimum Gasteiger partial charge on any atom is -0.494 e. The van der Waals surface area contributed by atoms with Gasteiger partial charge in [0.05, 0.1) is 31.6 Å². The lowest BCUT2D eigenvalue weighted by Crippen LogP contribution is -2.16. The molecule has 6 nitrogen and oxygen atoms in total. The average molecular weight is 315 g/mol. The molecule has 2 N–H and O–H groups in total. The van der Waals surface area contributed by atoms with Crippen LogP contribution in [0.2, 0.25) is 0 Å². The van der Waals surface area contributed by atoms with E-state index in [0.29, 0.717) is 25.3 Å². The molecule has 0 saturated heterocycles. The summed E-state index contributed by atoms with van der Waals surface area (Å²) >= 11 is 0. The Kier molecular flexibility index (Phi) is 7.18. The molecule has 1 aromatic rings. The third kappa shape index (κ3) is 7.10. The third-order valence-corrected chi connectivity index (χ3v) is 4.58. The Balaban J connectivity index is 2.31. The minimum absolute atomic E-state index is 0.0133. The summed E-state index contributed by atoms with van der Waals surface area (Å²) in [5.74, 6) is -0.0542. The van der Waals surface area contributed by atoms with Gasteiger partial charge in [-0.25, -0.2) is 8.42 Å². The largest absolute Gasteiger partial charge is 0.494 e. The molecule has 0 spiro atoms. The fourth-order valence-corrected chi connectivity index (χ4v) is 2.91. The lowest BCUT2D eigenvalue weighted by molar-refractivity contribution is -0.140. The van der Waals surface area contributed by atoms with Crippen molar-refractivity contribution in [2.24, 2.45) is 5.73 Å². The number of hydrogen-bond donors (Lipinski definition) is 1. The van der Waals surface area contributed by atoms with Crippen LogP contribution in [-0.4, -0.2) is 39.6 Å². The first-order chi connectivity index (χ1) is 9.96. The summed E-state index contributed by atoms with van der Waals surface area (Å²) in [6, 6.07) is 7.35. The number of esters is 1. The molecule has 1 aromatic carbocycles. The molecule has 0 aliphatic heterocycles. The number of methoxy groups -OCH3 is 1. The van der Waals surface area contributed by atoms with Gasteiger partial charge in [0.15, 0.2) is 9.84 Å². The van der Waals surface area contributed by atoms with Gasteiger partial charge >= 0.3 is 5.97 Å². The van der Waals surface area contributed by atoms with Gasteiger partial charge in [0.2, 0.25) is 0 Å². The van der Waals surface area contributed by atoms with E-state index in [2.05, 4.69) is 4.74 Å². The highest BCUT2D eigenvalue weighted by Crippen LogP contribution is 2.13. The second kappa shape index (κ2) is 8.63. The highest BCUT2D eigenvalue weighted by Gasteiger charge is 2.13. The van der Waals surface area contributed by atoms with Crippen LogP contribution in [0.5, 0.6) is 5.75 Å². The molecule has 21 heavy (non-hydrogen) atoms. The Hall–Kier alpha value is -1.60. The molecule has 0 radical (unpaired) electrons. The first-order valence-corrected chi connectivity index (χ1v) is 8.48. The fraction of sp³-hybridized carbons (Fsp3) is 0.500. The maximum Gasteiger partial charge on any atom is 0.306 e. The summed E-state index contributed by atoms with van der Waals surface area (Å²) in [7, 11) is -2.02. The van der Waals surface area contributed by atoms with E-state index in [1.54, 1.807) is 6.07 Å². The molecule has 1 rings (SSSR count). The Morgan fingerprint density at radius 2 is 2.05 bits per heavy atom. The molecule has 0 fully saturated rings. The molecule has 0 amide bonds. The van der Waals surface area contributed by atoms with E-state index in [1.807, 2.05) is 18.2 Å². The van der Waals surface area contributed by atoms with Gasteiger partial charge in [0.1, 0.15) is 5.75 Å². The fourth-order valence-electron chi connectivity index (χ4n) is 1.67. The number of carbonyl (C=O) groups is 1. The van der Waals surface area contributed by atoms with Crippen molar-refractivity contribution in [2.75, 3.05) is 25.2 Å². The second-order valence-corrected chi connectivity index (χ2v) is 6.84. The van der Waals surface area contributed by atoms with E-state index < -0.39 is 15.8 Å². The molecule has 0 atom stereocenters. The maximum atomic E-state index is 11.7. The van der Waals surface area contributed by atoms with Crippen LogP contribution < -0.4 is 10.5 Å². The molecule has 0 heterocycles. The van der Waals surface area contributed by atoms with Gasteiger partial charge in [-0.15, -0.1) is 0 Å². The lowest BCUT2D eigenvalue weighted by atomic mass is 10.2. The topological polar surface area (TPSA) is 95.7 Å². The molecule has 0 aliphatic carbocycles. The SMILES string of the molecule is COC(=O)CCS(=O)(=O)CCCOc1cccc(CN)c1. The second-order valence-electron chi connectivity index (χ2n) is 4.53. The number of benzene rings is 1. The molecule has 118 valence electrons. The van der Waals surface area contributed by atoms with Crippen LogP contribution >= 0.6 is 0 Å². The van der Waals surface area contributed by atoms with Crippen LogP contribution in [0.25, 0.3) is 0 Å². The molecule has 0 bridgehead atoms. The van der Waals surface area contributed by atoms with E-state index in [9.17, 15) is 13.2 Å². The molecular weight excluding hydrogens is 294 g/mol. The van der Waals surface area contributed by atoms with Gasteiger partial charge < -0.3 is 15.2 Å². The summed E-state index contributed by atoms with van der Waals surface area (Å²) in [6.07, 6.45) is 0.259. The summed E-state index contributed by atoms with van der Waals surface area (Å²) < 4.78 is 33.3. The molecule has 7 heteroatoms. The van der Waals surface area contributed by atoms with Crippen molar-refractivity contribution < 1.29 is 22.7 Å². The van der Waals surface area contributed by atoms with Crippen molar-refractivity contribution in [2.45, 2.75) is 19.4 Å². The van der Waals surface area contributed by atoms with Crippen LogP contribution in [0.4, 0.5) is 0 Å². The van der Waals surface area contributed by atoms with Crippen molar-refractivity contribution >= 4 is 15.8 Å². The Morgan fingerprint density at radius 3 is 2.71 bits per heavy atom. The molecule has 0 saturated carbocycles. The van der Waals surface area contributed by atoms with Gasteiger partial charge in [-0.1, -0.05) is 12.1 Å². The highest BCUT2D eigenvalue weighted by atomic mass is 32.2. The molecule has 0 unspecified atom stereocenters. The number of rotatable bonds is 9. The predicted molar refractivity (Wildman–Crippen MR) is 79.7 cm³/mol. The van der Waals surface area contributed by atoms with Gasteiger partial charge in [-0.3, -0.25) is 4.79 Å². The van der Waals surface area contributed by atoms with E-state index in [1.165, 1.54) is 7.11 Å². The monoisotopic (exact) mass is 315 g/mol. The Bertz CT molecular complexity index is 556. The van der Waals surface area contributed by atoms with E-state index in [-0.39, 0.29) is 17.9 Å². The van der Waals surface area contributed by atoms with Crippen LogP contribution in [0.1, 0.15) is 18.4 Å². The smallest absolute Gasteiger partial charge is 0.306 e. The number of carbonyl (C=O) groups excluding carboxylic acids is 1. The summed E-state index contributed by atoms with van der Waals surface area (Å²) in [5, 5.41) is 0. The first-order valence-electron chi connectivity index (χ1n) is 6.66. The summed E-state index contributed by atoms with van der Waals surface area (Å²) in [6.45, 7) is 0.727. The maximum absolute atomic E-state index is 11.7. The quantitative estimate of drug-likeness (QED) is 0.537. The van der Waals surface area contributed by atoms with Crippen molar-refractivity contribution in [3.8, 4) is 5.75 Å². The van der Waals surface area contributed by atoms with Crippen molar-refractivity contribution in [3.63, 3.8) is 0 Å². The van der Waals surface area contributed by atoms with E-state index in [0.717, 1.165) is 5.56 Å². The van der Waals surface area contributed by atoms with Crippen molar-refractivity contribution in [1.82, 2.24) is 0 Å². The number of nitrogens with two attached hydrogens (primary N) is 1. The van der Waals surface area contributed by atoms with Crippen LogP contribution in [0.3, 0.4) is 0 Å². The van der Waals surface area contributed by atoms with E-state index >= 15 is 0 Å². The van der Waals surface area contributed by atoms with E-state index in [4.69, 9.17) is 10.5 Å².